The van der Waals surface area contributed by atoms with E-state index in [1.807, 2.05) is 13.0 Å². The van der Waals surface area contributed by atoms with Crippen LogP contribution in [0, 0.1) is 6.92 Å². The number of hydrogen-bond acceptors (Lipinski definition) is 4. The SMILES string of the molecule is COC(=O)CC(=O)c1cccc2[nH]c(C)nc12. The standard InChI is InChI=1S/C12H12N2O3/c1-7-13-9-5-3-4-8(12(9)14-7)10(15)6-11(16)17-2/h3-5H,6H2,1-2H3,(H,13,14). The van der Waals surface area contributed by atoms with Gasteiger partial charge in [-0.25, -0.2) is 4.98 Å². The minimum Gasteiger partial charge on any atom is -0.469 e. The normalized spacial score (nSPS) is 10.5. The lowest BCUT2D eigenvalue weighted by molar-refractivity contribution is -0.139. The van der Waals surface area contributed by atoms with E-state index in [0.717, 1.165) is 11.3 Å². The molecular weight excluding hydrogens is 220 g/mol. The molecule has 1 aromatic carbocycles. The molecule has 1 aromatic heterocycles. The first-order chi connectivity index (χ1) is 8.11. The molecule has 0 atom stereocenters. The van der Waals surface area contributed by atoms with E-state index < -0.39 is 5.97 Å². The third-order valence-corrected chi connectivity index (χ3v) is 2.46. The van der Waals surface area contributed by atoms with E-state index >= 15 is 0 Å². The molecule has 0 radical (unpaired) electrons. The fourth-order valence-electron chi connectivity index (χ4n) is 1.68. The minimum atomic E-state index is -0.542. The molecule has 1 N–H and O–H groups in total. The molecule has 2 rings (SSSR count). The molecule has 5 nitrogen and oxygen atoms in total. The third kappa shape index (κ3) is 2.18. The Hall–Kier alpha value is -2.17. The topological polar surface area (TPSA) is 72.1 Å². The maximum Gasteiger partial charge on any atom is 0.313 e. The minimum absolute atomic E-state index is 0.262. The number of para-hydroxylation sites is 1. The van der Waals surface area contributed by atoms with E-state index in [1.165, 1.54) is 7.11 Å². The lowest BCUT2D eigenvalue weighted by Gasteiger charge is -2.00. The molecule has 5 heteroatoms. The van der Waals surface area contributed by atoms with Gasteiger partial charge in [-0.2, -0.15) is 0 Å². The summed E-state index contributed by atoms with van der Waals surface area (Å²) in [6, 6.07) is 5.25. The van der Waals surface area contributed by atoms with E-state index in [4.69, 9.17) is 0 Å². The number of benzene rings is 1. The average Bonchev–Trinajstić information content (AvgIpc) is 2.68. The summed E-state index contributed by atoms with van der Waals surface area (Å²) in [4.78, 5) is 30.2. The van der Waals surface area contributed by atoms with Gasteiger partial charge in [-0.15, -0.1) is 0 Å². The van der Waals surface area contributed by atoms with Crippen molar-refractivity contribution in [2.24, 2.45) is 0 Å². The fourth-order valence-corrected chi connectivity index (χ4v) is 1.68. The number of nitrogens with zero attached hydrogens (tertiary/aromatic N) is 1. The first-order valence-electron chi connectivity index (χ1n) is 5.17. The van der Waals surface area contributed by atoms with E-state index in [1.54, 1.807) is 12.1 Å². The first-order valence-corrected chi connectivity index (χ1v) is 5.17. The summed E-state index contributed by atoms with van der Waals surface area (Å²) in [5, 5.41) is 0. The number of esters is 1. The molecular formula is C12H12N2O3. The van der Waals surface area contributed by atoms with Crippen LogP contribution in [-0.2, 0) is 9.53 Å². The van der Waals surface area contributed by atoms with Crippen molar-refractivity contribution in [1.29, 1.82) is 0 Å². The smallest absolute Gasteiger partial charge is 0.313 e. The number of nitrogens with one attached hydrogen (secondary N) is 1. The fraction of sp³-hybridized carbons (Fsp3) is 0.250. The number of ether oxygens (including phenoxy) is 1. The number of Topliss-reactive ketones (excluding diaryl/α,β-unsaturated/α-hetero) is 1. The Morgan fingerprint density at radius 2 is 2.18 bits per heavy atom. The predicted molar refractivity (Wildman–Crippen MR) is 61.8 cm³/mol. The van der Waals surface area contributed by atoms with Crippen LogP contribution in [-0.4, -0.2) is 28.8 Å². The summed E-state index contributed by atoms with van der Waals surface area (Å²) in [6.07, 6.45) is -0.262. The second kappa shape index (κ2) is 4.37. The van der Waals surface area contributed by atoms with E-state index in [9.17, 15) is 9.59 Å². The van der Waals surface area contributed by atoms with Crippen LogP contribution in [0.15, 0.2) is 18.2 Å². The van der Waals surface area contributed by atoms with E-state index in [2.05, 4.69) is 14.7 Å². The number of rotatable bonds is 3. The van der Waals surface area contributed by atoms with Crippen molar-refractivity contribution >= 4 is 22.8 Å². The molecule has 0 amide bonds. The molecule has 2 aromatic rings. The highest BCUT2D eigenvalue weighted by Crippen LogP contribution is 2.17. The number of carbonyl (C=O) groups excluding carboxylic acids is 2. The molecule has 1 heterocycles. The number of hydrogen-bond donors (Lipinski definition) is 1. The van der Waals surface area contributed by atoms with Gasteiger partial charge in [0, 0.05) is 5.56 Å². The van der Waals surface area contributed by atoms with Crippen LogP contribution in [0.3, 0.4) is 0 Å². The van der Waals surface area contributed by atoms with Crippen molar-refractivity contribution in [1.82, 2.24) is 9.97 Å². The Bertz CT molecular complexity index is 586. The number of carbonyl (C=O) groups is 2. The second-order valence-electron chi connectivity index (χ2n) is 3.70. The van der Waals surface area contributed by atoms with Crippen molar-refractivity contribution < 1.29 is 14.3 Å². The molecule has 0 aliphatic heterocycles. The molecule has 0 unspecified atom stereocenters. The van der Waals surface area contributed by atoms with Gasteiger partial charge in [0.2, 0.25) is 0 Å². The lowest BCUT2D eigenvalue weighted by atomic mass is 10.1. The van der Waals surface area contributed by atoms with Crippen LogP contribution in [0.5, 0.6) is 0 Å². The van der Waals surface area contributed by atoms with Gasteiger partial charge in [0.05, 0.1) is 18.1 Å². The first kappa shape index (κ1) is 11.3. The zero-order chi connectivity index (χ0) is 12.4. The molecule has 0 aliphatic rings. The van der Waals surface area contributed by atoms with Gasteiger partial charge in [-0.05, 0) is 19.1 Å². The Kier molecular flexibility index (Phi) is 2.91. The number of aromatic amines is 1. The van der Waals surface area contributed by atoms with Crippen LogP contribution >= 0.6 is 0 Å². The monoisotopic (exact) mass is 232 g/mol. The number of imidazole rings is 1. The summed E-state index contributed by atoms with van der Waals surface area (Å²) in [6.45, 7) is 1.81. The molecule has 0 bridgehead atoms. The Labute approximate surface area is 97.8 Å². The number of methoxy groups -OCH3 is 1. The number of fused-ring (bicyclic) bond motifs is 1. The van der Waals surface area contributed by atoms with Crippen LogP contribution in [0.4, 0.5) is 0 Å². The molecule has 88 valence electrons. The van der Waals surface area contributed by atoms with Gasteiger partial charge in [-0.3, -0.25) is 9.59 Å². The third-order valence-electron chi connectivity index (χ3n) is 2.46. The summed E-state index contributed by atoms with van der Waals surface area (Å²) in [7, 11) is 1.26. The largest absolute Gasteiger partial charge is 0.469 e. The van der Waals surface area contributed by atoms with Crippen molar-refractivity contribution in [3.8, 4) is 0 Å². The van der Waals surface area contributed by atoms with Crippen LogP contribution in [0.1, 0.15) is 22.6 Å². The van der Waals surface area contributed by atoms with Crippen LogP contribution < -0.4 is 0 Å². The van der Waals surface area contributed by atoms with Gasteiger partial charge in [0.25, 0.3) is 0 Å². The highest BCUT2D eigenvalue weighted by molar-refractivity contribution is 6.12. The van der Waals surface area contributed by atoms with Crippen LogP contribution in [0.25, 0.3) is 11.0 Å². The summed E-state index contributed by atoms with van der Waals surface area (Å²) in [5.41, 5.74) is 1.83. The number of H-pyrrole nitrogens is 1. The second-order valence-corrected chi connectivity index (χ2v) is 3.70. The number of aryl methyl sites for hydroxylation is 1. The van der Waals surface area contributed by atoms with Gasteiger partial charge in [0.15, 0.2) is 5.78 Å². The van der Waals surface area contributed by atoms with E-state index in [-0.39, 0.29) is 12.2 Å². The zero-order valence-electron chi connectivity index (χ0n) is 9.61. The van der Waals surface area contributed by atoms with Crippen molar-refractivity contribution in [3.63, 3.8) is 0 Å². The summed E-state index contributed by atoms with van der Waals surface area (Å²) in [5.74, 6) is -0.0912. The molecule has 0 saturated carbocycles. The maximum absolute atomic E-state index is 11.9. The Morgan fingerprint density at radius 3 is 2.88 bits per heavy atom. The zero-order valence-corrected chi connectivity index (χ0v) is 9.61. The molecule has 0 saturated heterocycles. The van der Waals surface area contributed by atoms with Gasteiger partial charge in [0.1, 0.15) is 12.2 Å². The van der Waals surface area contributed by atoms with Gasteiger partial charge in [-0.1, -0.05) is 6.07 Å². The van der Waals surface area contributed by atoms with Crippen molar-refractivity contribution in [3.05, 3.63) is 29.6 Å². The molecule has 0 spiro atoms. The number of aromatic nitrogens is 2. The summed E-state index contributed by atoms with van der Waals surface area (Å²) < 4.78 is 4.47. The molecule has 0 fully saturated rings. The maximum atomic E-state index is 11.9. The average molecular weight is 232 g/mol. The van der Waals surface area contributed by atoms with Gasteiger partial charge >= 0.3 is 5.97 Å². The molecule has 17 heavy (non-hydrogen) atoms. The van der Waals surface area contributed by atoms with Crippen molar-refractivity contribution in [2.45, 2.75) is 13.3 Å². The summed E-state index contributed by atoms with van der Waals surface area (Å²) >= 11 is 0. The highest BCUT2D eigenvalue weighted by Gasteiger charge is 2.16. The van der Waals surface area contributed by atoms with E-state index in [0.29, 0.717) is 11.1 Å². The Balaban J connectivity index is 2.41. The predicted octanol–water partition coefficient (Wildman–Crippen LogP) is 1.62. The quantitative estimate of drug-likeness (QED) is 0.496. The van der Waals surface area contributed by atoms with Crippen molar-refractivity contribution in [2.75, 3.05) is 7.11 Å². The number of ketones is 1. The lowest BCUT2D eigenvalue weighted by Crippen LogP contribution is -2.09. The molecule has 0 aliphatic carbocycles. The van der Waals surface area contributed by atoms with Crippen LogP contribution in [0.2, 0.25) is 0 Å². The Morgan fingerprint density at radius 1 is 1.41 bits per heavy atom. The van der Waals surface area contributed by atoms with Gasteiger partial charge < -0.3 is 9.72 Å². The highest BCUT2D eigenvalue weighted by atomic mass is 16.5.